The molecular weight excluding hydrogens is 274 g/mol. The van der Waals surface area contributed by atoms with Gasteiger partial charge in [0, 0.05) is 49.9 Å². The number of nitrogens with one attached hydrogen (secondary N) is 1. The van der Waals surface area contributed by atoms with Gasteiger partial charge in [-0.25, -0.2) is 8.78 Å². The normalized spacial score (nSPS) is 17.7. The minimum absolute atomic E-state index is 0.186. The fraction of sp³-hybridized carbons (Fsp3) is 0.625. The third kappa shape index (κ3) is 3.92. The van der Waals surface area contributed by atoms with Crippen molar-refractivity contribution in [2.75, 3.05) is 33.3 Å². The van der Waals surface area contributed by atoms with E-state index in [0.29, 0.717) is 0 Å². The van der Waals surface area contributed by atoms with E-state index in [1.807, 2.05) is 0 Å². The van der Waals surface area contributed by atoms with Crippen LogP contribution < -0.4 is 10.1 Å². The average Bonchev–Trinajstić information content (AvgIpc) is 2.50. The van der Waals surface area contributed by atoms with Crippen molar-refractivity contribution in [1.82, 2.24) is 10.2 Å². The Morgan fingerprint density at radius 1 is 1.24 bits per heavy atom. The first kappa shape index (κ1) is 16.2. The largest absolute Gasteiger partial charge is 0.497 e. The molecule has 3 nitrogen and oxygen atoms in total. The fourth-order valence-electron chi connectivity index (χ4n) is 2.90. The van der Waals surface area contributed by atoms with Gasteiger partial charge in [0.05, 0.1) is 7.11 Å². The molecule has 118 valence electrons. The van der Waals surface area contributed by atoms with Gasteiger partial charge in [0.15, 0.2) is 0 Å². The highest BCUT2D eigenvalue weighted by Crippen LogP contribution is 2.33. The third-order valence-corrected chi connectivity index (χ3v) is 4.04. The van der Waals surface area contributed by atoms with Crippen LogP contribution in [0.15, 0.2) is 12.1 Å². The highest BCUT2D eigenvalue weighted by molar-refractivity contribution is 5.32. The Morgan fingerprint density at radius 2 is 1.86 bits per heavy atom. The van der Waals surface area contributed by atoms with Crippen LogP contribution in [0.25, 0.3) is 0 Å². The molecule has 1 atom stereocenters. The highest BCUT2D eigenvalue weighted by Gasteiger charge is 2.27. The van der Waals surface area contributed by atoms with Crippen LogP contribution in [0.2, 0.25) is 0 Å². The van der Waals surface area contributed by atoms with Crippen LogP contribution in [-0.2, 0) is 0 Å². The monoisotopic (exact) mass is 298 g/mol. The number of hydrogen-bond donors (Lipinski definition) is 1. The summed E-state index contributed by atoms with van der Waals surface area (Å²) < 4.78 is 33.7. The lowest BCUT2D eigenvalue weighted by atomic mass is 9.97. The van der Waals surface area contributed by atoms with Gasteiger partial charge < -0.3 is 10.1 Å². The van der Waals surface area contributed by atoms with Crippen molar-refractivity contribution in [2.24, 2.45) is 0 Å². The summed E-state index contributed by atoms with van der Waals surface area (Å²) in [5.74, 6) is -0.790. The smallest absolute Gasteiger partial charge is 0.134 e. The third-order valence-electron chi connectivity index (χ3n) is 4.04. The summed E-state index contributed by atoms with van der Waals surface area (Å²) >= 11 is 0. The predicted octanol–water partition coefficient (Wildman–Crippen LogP) is 3.11. The van der Waals surface area contributed by atoms with Crippen LogP contribution in [0.5, 0.6) is 5.75 Å². The molecular formula is C16H24F2N2O. The first-order chi connectivity index (χ1) is 10.2. The summed E-state index contributed by atoms with van der Waals surface area (Å²) in [6.07, 6.45) is 2.75. The molecule has 0 radical (unpaired) electrons. The maximum absolute atomic E-state index is 14.4. The molecule has 0 spiro atoms. The SMILES string of the molecule is CCCC[C@@H](c1c(F)cc(OC)cc1F)N1CCNCC1. The van der Waals surface area contributed by atoms with Crippen LogP contribution >= 0.6 is 0 Å². The Morgan fingerprint density at radius 3 is 2.38 bits per heavy atom. The van der Waals surface area contributed by atoms with E-state index in [1.54, 1.807) is 0 Å². The van der Waals surface area contributed by atoms with Crippen molar-refractivity contribution in [3.63, 3.8) is 0 Å². The minimum atomic E-state index is -0.508. The summed E-state index contributed by atoms with van der Waals surface area (Å²) in [5, 5.41) is 3.28. The second-order valence-electron chi connectivity index (χ2n) is 5.45. The van der Waals surface area contributed by atoms with Crippen molar-refractivity contribution < 1.29 is 13.5 Å². The molecule has 0 saturated carbocycles. The molecule has 1 aliphatic heterocycles. The van der Waals surface area contributed by atoms with Crippen molar-refractivity contribution in [3.05, 3.63) is 29.3 Å². The lowest BCUT2D eigenvalue weighted by Crippen LogP contribution is -2.45. The summed E-state index contributed by atoms with van der Waals surface area (Å²) in [6.45, 7) is 5.46. The highest BCUT2D eigenvalue weighted by atomic mass is 19.1. The summed E-state index contributed by atoms with van der Waals surface area (Å²) in [4.78, 5) is 2.18. The van der Waals surface area contributed by atoms with Crippen LogP contribution in [0.4, 0.5) is 8.78 Å². The van der Waals surface area contributed by atoms with E-state index >= 15 is 0 Å². The molecule has 1 heterocycles. The lowest BCUT2D eigenvalue weighted by molar-refractivity contribution is 0.156. The predicted molar refractivity (Wildman–Crippen MR) is 79.6 cm³/mol. The molecule has 0 unspecified atom stereocenters. The van der Waals surface area contributed by atoms with Gasteiger partial charge in [0.25, 0.3) is 0 Å². The van der Waals surface area contributed by atoms with Gasteiger partial charge in [0.1, 0.15) is 17.4 Å². The fourth-order valence-corrected chi connectivity index (χ4v) is 2.90. The minimum Gasteiger partial charge on any atom is -0.497 e. The molecule has 1 aliphatic rings. The Labute approximate surface area is 125 Å². The maximum Gasteiger partial charge on any atom is 0.134 e. The molecule has 1 aromatic carbocycles. The van der Waals surface area contributed by atoms with E-state index in [0.717, 1.165) is 45.4 Å². The molecule has 5 heteroatoms. The number of unbranched alkanes of at least 4 members (excludes halogenated alkanes) is 1. The van der Waals surface area contributed by atoms with E-state index in [4.69, 9.17) is 4.74 Å². The van der Waals surface area contributed by atoms with Gasteiger partial charge in [-0.05, 0) is 6.42 Å². The van der Waals surface area contributed by atoms with E-state index in [-0.39, 0.29) is 17.4 Å². The maximum atomic E-state index is 14.4. The zero-order valence-corrected chi connectivity index (χ0v) is 12.8. The topological polar surface area (TPSA) is 24.5 Å². The van der Waals surface area contributed by atoms with Crippen LogP contribution in [0, 0.1) is 11.6 Å². The summed E-state index contributed by atoms with van der Waals surface area (Å²) in [6, 6.07) is 2.36. The Balaban J connectivity index is 2.30. The molecule has 21 heavy (non-hydrogen) atoms. The molecule has 0 bridgehead atoms. The molecule has 1 aromatic rings. The van der Waals surface area contributed by atoms with Gasteiger partial charge in [-0.2, -0.15) is 0 Å². The van der Waals surface area contributed by atoms with Crippen molar-refractivity contribution in [3.8, 4) is 5.75 Å². The van der Waals surface area contributed by atoms with Gasteiger partial charge in [-0.15, -0.1) is 0 Å². The molecule has 2 rings (SSSR count). The number of nitrogens with zero attached hydrogens (tertiary/aromatic N) is 1. The van der Waals surface area contributed by atoms with Crippen molar-refractivity contribution in [2.45, 2.75) is 32.2 Å². The zero-order valence-electron chi connectivity index (χ0n) is 12.8. The number of benzene rings is 1. The second kappa shape index (κ2) is 7.71. The van der Waals surface area contributed by atoms with E-state index in [2.05, 4.69) is 17.1 Å². The Kier molecular flexibility index (Phi) is 5.94. The van der Waals surface area contributed by atoms with Gasteiger partial charge in [-0.3, -0.25) is 4.90 Å². The summed E-state index contributed by atoms with van der Waals surface area (Å²) in [7, 11) is 1.42. The van der Waals surface area contributed by atoms with E-state index in [9.17, 15) is 8.78 Å². The number of ether oxygens (including phenoxy) is 1. The molecule has 0 amide bonds. The standard InChI is InChI=1S/C16H24F2N2O/c1-3-4-5-15(20-8-6-19-7-9-20)16-13(17)10-12(21-2)11-14(16)18/h10-11,15,19H,3-9H2,1-2H3/t15-/m0/s1. The Bertz CT molecular complexity index is 439. The van der Waals surface area contributed by atoms with Crippen molar-refractivity contribution >= 4 is 0 Å². The number of halogens is 2. The molecule has 0 aliphatic carbocycles. The molecule has 0 aromatic heterocycles. The number of piperazine rings is 1. The van der Waals surface area contributed by atoms with Gasteiger partial charge in [0.2, 0.25) is 0 Å². The van der Waals surface area contributed by atoms with Crippen LogP contribution in [0.1, 0.15) is 37.8 Å². The molecule has 1 N–H and O–H groups in total. The van der Waals surface area contributed by atoms with Crippen LogP contribution in [-0.4, -0.2) is 38.2 Å². The first-order valence-electron chi connectivity index (χ1n) is 7.65. The Hall–Kier alpha value is -1.20. The number of hydrogen-bond acceptors (Lipinski definition) is 3. The lowest BCUT2D eigenvalue weighted by Gasteiger charge is -2.35. The van der Waals surface area contributed by atoms with E-state index < -0.39 is 11.6 Å². The average molecular weight is 298 g/mol. The van der Waals surface area contributed by atoms with Crippen molar-refractivity contribution in [1.29, 1.82) is 0 Å². The first-order valence-corrected chi connectivity index (χ1v) is 7.65. The van der Waals surface area contributed by atoms with Gasteiger partial charge >= 0.3 is 0 Å². The summed E-state index contributed by atoms with van der Waals surface area (Å²) in [5.41, 5.74) is 0.186. The number of methoxy groups -OCH3 is 1. The number of rotatable bonds is 6. The van der Waals surface area contributed by atoms with Gasteiger partial charge in [-0.1, -0.05) is 19.8 Å². The quantitative estimate of drug-likeness (QED) is 0.873. The molecule has 1 saturated heterocycles. The molecule has 1 fully saturated rings. The van der Waals surface area contributed by atoms with E-state index in [1.165, 1.54) is 19.2 Å². The zero-order chi connectivity index (χ0) is 15.2. The second-order valence-corrected chi connectivity index (χ2v) is 5.45. The van der Waals surface area contributed by atoms with Crippen LogP contribution in [0.3, 0.4) is 0 Å².